The van der Waals surface area contributed by atoms with Crippen molar-refractivity contribution in [2.24, 2.45) is 10.2 Å². The van der Waals surface area contributed by atoms with E-state index in [1.807, 2.05) is 6.07 Å². The van der Waals surface area contributed by atoms with Crippen LogP contribution in [0.15, 0.2) is 70.9 Å². The standard InChI is InChI=1S/C25H27N7O8/c1-15-19(29-31-26)21(40-22(33)17-11-7-4-8-12-17)20(30-32-27)24(39-15)37-14-18(23(34)36-2)28-25(35)38-13-16-9-5-3-6-10-16/h3-12,15,18-21,24H,13-14H2,1-2H3,(H,28,35)/t15-,18+,19+,20-,21+,24+/m1/s1. The van der Waals surface area contributed by atoms with Crippen molar-refractivity contribution < 1.29 is 38.1 Å². The molecule has 1 heterocycles. The normalized spacial score (nSPS) is 22.4. The van der Waals surface area contributed by atoms with Crippen molar-refractivity contribution in [3.63, 3.8) is 0 Å². The van der Waals surface area contributed by atoms with E-state index in [1.165, 1.54) is 12.1 Å². The second-order valence-corrected chi connectivity index (χ2v) is 8.45. The Morgan fingerprint density at radius 2 is 1.62 bits per heavy atom. The third-order valence-electron chi connectivity index (χ3n) is 5.82. The molecule has 1 aliphatic rings. The van der Waals surface area contributed by atoms with Gasteiger partial charge in [0.2, 0.25) is 0 Å². The predicted molar refractivity (Wildman–Crippen MR) is 137 cm³/mol. The number of esters is 2. The summed E-state index contributed by atoms with van der Waals surface area (Å²) < 4.78 is 27.0. The lowest BCUT2D eigenvalue weighted by Crippen LogP contribution is -2.58. The molecule has 2 aromatic carbocycles. The molecular weight excluding hydrogens is 526 g/mol. The Balaban J connectivity index is 1.74. The van der Waals surface area contributed by atoms with Crippen LogP contribution >= 0.6 is 0 Å². The Hall–Kier alpha value is -4.81. The third-order valence-corrected chi connectivity index (χ3v) is 5.82. The number of benzene rings is 2. The van der Waals surface area contributed by atoms with E-state index in [9.17, 15) is 19.9 Å². The minimum atomic E-state index is -1.36. The van der Waals surface area contributed by atoms with Crippen LogP contribution in [0.2, 0.25) is 0 Å². The summed E-state index contributed by atoms with van der Waals surface area (Å²) in [4.78, 5) is 43.1. The average Bonchev–Trinajstić information content (AvgIpc) is 2.98. The van der Waals surface area contributed by atoms with Gasteiger partial charge in [-0.15, -0.1) is 0 Å². The first-order chi connectivity index (χ1) is 19.4. The maximum atomic E-state index is 12.8. The van der Waals surface area contributed by atoms with E-state index in [1.54, 1.807) is 49.4 Å². The molecule has 0 aromatic heterocycles. The highest BCUT2D eigenvalue weighted by Crippen LogP contribution is 2.30. The van der Waals surface area contributed by atoms with Crippen molar-refractivity contribution in [1.82, 2.24) is 5.32 Å². The molecule has 0 radical (unpaired) electrons. The number of carbonyl (C=O) groups is 3. The monoisotopic (exact) mass is 553 g/mol. The van der Waals surface area contributed by atoms with Crippen LogP contribution in [0.25, 0.3) is 20.9 Å². The molecule has 1 aliphatic heterocycles. The number of rotatable bonds is 11. The van der Waals surface area contributed by atoms with Crippen LogP contribution in [0.5, 0.6) is 0 Å². The van der Waals surface area contributed by atoms with Crippen LogP contribution in [-0.4, -0.2) is 68.4 Å². The highest BCUT2D eigenvalue weighted by atomic mass is 16.7. The van der Waals surface area contributed by atoms with Crippen LogP contribution in [0, 0.1) is 0 Å². The summed E-state index contributed by atoms with van der Waals surface area (Å²) >= 11 is 0. The molecule has 15 heteroatoms. The van der Waals surface area contributed by atoms with Gasteiger partial charge in [-0.25, -0.2) is 14.4 Å². The molecule has 1 fully saturated rings. The first-order valence-electron chi connectivity index (χ1n) is 12.0. The summed E-state index contributed by atoms with van der Waals surface area (Å²) in [5.74, 6) is -1.61. The van der Waals surface area contributed by atoms with E-state index in [2.05, 4.69) is 25.4 Å². The molecule has 2 aromatic rings. The van der Waals surface area contributed by atoms with Crippen LogP contribution in [0.1, 0.15) is 22.8 Å². The fourth-order valence-corrected chi connectivity index (χ4v) is 3.85. The number of azide groups is 2. The van der Waals surface area contributed by atoms with E-state index in [4.69, 9.17) is 29.2 Å². The largest absolute Gasteiger partial charge is 0.467 e. The van der Waals surface area contributed by atoms with E-state index < -0.39 is 61.3 Å². The van der Waals surface area contributed by atoms with E-state index in [0.717, 1.165) is 12.7 Å². The van der Waals surface area contributed by atoms with Crippen molar-refractivity contribution >= 4 is 18.0 Å². The Morgan fingerprint density at radius 3 is 2.25 bits per heavy atom. The van der Waals surface area contributed by atoms with Gasteiger partial charge in [0.05, 0.1) is 25.4 Å². The second kappa shape index (κ2) is 15.0. The maximum absolute atomic E-state index is 12.8. The summed E-state index contributed by atoms with van der Waals surface area (Å²) in [6.07, 6.45) is -4.42. The van der Waals surface area contributed by atoms with Crippen LogP contribution < -0.4 is 5.32 Å². The van der Waals surface area contributed by atoms with Crippen molar-refractivity contribution in [3.05, 3.63) is 92.7 Å². The molecule has 0 saturated carbocycles. The third kappa shape index (κ3) is 8.09. The van der Waals surface area contributed by atoms with Gasteiger partial charge < -0.3 is 29.0 Å². The van der Waals surface area contributed by atoms with Crippen molar-refractivity contribution in [2.75, 3.05) is 13.7 Å². The number of carbonyl (C=O) groups excluding carboxylic acids is 3. The van der Waals surface area contributed by atoms with Gasteiger partial charge in [-0.2, -0.15) is 0 Å². The van der Waals surface area contributed by atoms with E-state index in [-0.39, 0.29) is 12.2 Å². The zero-order valence-corrected chi connectivity index (χ0v) is 21.6. The first-order valence-corrected chi connectivity index (χ1v) is 12.0. The molecule has 3 rings (SSSR count). The molecule has 15 nitrogen and oxygen atoms in total. The zero-order valence-electron chi connectivity index (χ0n) is 21.6. The molecule has 40 heavy (non-hydrogen) atoms. The van der Waals surface area contributed by atoms with Gasteiger partial charge in [0.15, 0.2) is 12.3 Å². The molecule has 1 amide bonds. The quantitative estimate of drug-likeness (QED) is 0.142. The maximum Gasteiger partial charge on any atom is 0.408 e. The van der Waals surface area contributed by atoms with E-state index in [0.29, 0.717) is 0 Å². The molecule has 0 unspecified atom stereocenters. The number of methoxy groups -OCH3 is 1. The number of ether oxygens (including phenoxy) is 5. The van der Waals surface area contributed by atoms with Crippen LogP contribution in [-0.2, 0) is 35.1 Å². The Labute approximate surface area is 228 Å². The van der Waals surface area contributed by atoms with Crippen molar-refractivity contribution in [2.45, 2.75) is 50.2 Å². The minimum Gasteiger partial charge on any atom is -0.467 e. The number of hydrogen-bond donors (Lipinski definition) is 1. The minimum absolute atomic E-state index is 0.0428. The lowest BCUT2D eigenvalue weighted by Gasteiger charge is -2.41. The summed E-state index contributed by atoms with van der Waals surface area (Å²) in [5, 5.41) is 9.70. The van der Waals surface area contributed by atoms with E-state index >= 15 is 0 Å². The number of nitrogens with zero attached hydrogens (tertiary/aromatic N) is 6. The Morgan fingerprint density at radius 1 is 1.00 bits per heavy atom. The molecule has 1 saturated heterocycles. The van der Waals surface area contributed by atoms with Gasteiger partial charge in [-0.05, 0) is 35.7 Å². The van der Waals surface area contributed by atoms with Gasteiger partial charge in [0.25, 0.3) is 0 Å². The smallest absolute Gasteiger partial charge is 0.408 e. The molecule has 1 N–H and O–H groups in total. The van der Waals surface area contributed by atoms with Crippen molar-refractivity contribution in [1.29, 1.82) is 0 Å². The summed E-state index contributed by atoms with van der Waals surface area (Å²) in [5.41, 5.74) is 19.2. The van der Waals surface area contributed by atoms with Gasteiger partial charge in [-0.3, -0.25) is 0 Å². The number of nitrogens with one attached hydrogen (secondary N) is 1. The molecule has 0 spiro atoms. The van der Waals surface area contributed by atoms with Gasteiger partial charge in [0, 0.05) is 9.82 Å². The highest BCUT2D eigenvalue weighted by Gasteiger charge is 2.47. The first kappa shape index (κ1) is 29.7. The second-order valence-electron chi connectivity index (χ2n) is 8.45. The predicted octanol–water partition coefficient (Wildman–Crippen LogP) is 3.80. The average molecular weight is 554 g/mol. The lowest BCUT2D eigenvalue weighted by atomic mass is 9.95. The Kier molecular flexibility index (Phi) is 11.1. The summed E-state index contributed by atoms with van der Waals surface area (Å²) in [6, 6.07) is 13.2. The summed E-state index contributed by atoms with van der Waals surface area (Å²) in [7, 11) is 1.12. The zero-order chi connectivity index (χ0) is 28.9. The highest BCUT2D eigenvalue weighted by molar-refractivity contribution is 5.89. The number of amides is 1. The number of alkyl carbamates (subject to hydrolysis) is 1. The fourth-order valence-electron chi connectivity index (χ4n) is 3.85. The summed E-state index contributed by atoms with van der Waals surface area (Å²) in [6.45, 7) is 1.01. The molecular formula is C25H27N7O8. The van der Waals surface area contributed by atoms with Gasteiger partial charge >= 0.3 is 18.0 Å². The molecule has 0 aliphatic carbocycles. The lowest BCUT2D eigenvalue weighted by molar-refractivity contribution is -0.229. The molecule has 0 bridgehead atoms. The molecule has 6 atom stereocenters. The van der Waals surface area contributed by atoms with Crippen molar-refractivity contribution in [3.8, 4) is 0 Å². The fraction of sp³-hybridized carbons (Fsp3) is 0.400. The number of hydrogen-bond acceptors (Lipinski definition) is 10. The van der Waals surface area contributed by atoms with Gasteiger partial charge in [-0.1, -0.05) is 58.8 Å². The topological polar surface area (TPSA) is 207 Å². The van der Waals surface area contributed by atoms with Crippen LogP contribution in [0.4, 0.5) is 4.79 Å². The Bertz CT molecular complexity index is 1250. The molecule has 210 valence electrons. The van der Waals surface area contributed by atoms with Gasteiger partial charge in [0.1, 0.15) is 24.8 Å². The SMILES string of the molecule is COC(=O)[C@H](CO[C@H]1O[C@H](C)[C@H](N=[N+]=[N-])[C@H](OC(=O)c2ccccc2)[C@H]1N=[N+]=[N-])NC(=O)OCc1ccccc1. The van der Waals surface area contributed by atoms with Crippen LogP contribution in [0.3, 0.4) is 0 Å².